The molecule has 0 aromatic rings. The van der Waals surface area contributed by atoms with Crippen molar-refractivity contribution >= 4 is 10.2 Å². The highest BCUT2D eigenvalue weighted by atomic mass is 32.2. The molecule has 0 aliphatic carbocycles. The fraction of sp³-hybridized carbons (Fsp3) is 1.00. The summed E-state index contributed by atoms with van der Waals surface area (Å²) in [5, 5.41) is 0. The van der Waals surface area contributed by atoms with E-state index in [4.69, 9.17) is 5.73 Å². The zero-order chi connectivity index (χ0) is 10.1. The average Bonchev–Trinajstić information content (AvgIpc) is 1.98. The van der Waals surface area contributed by atoms with Crippen LogP contribution < -0.4 is 10.5 Å². The molecule has 0 saturated carbocycles. The van der Waals surface area contributed by atoms with Crippen molar-refractivity contribution in [1.82, 2.24) is 9.03 Å². The summed E-state index contributed by atoms with van der Waals surface area (Å²) >= 11 is 0. The summed E-state index contributed by atoms with van der Waals surface area (Å²) in [6.07, 6.45) is 0.811. The van der Waals surface area contributed by atoms with E-state index in [9.17, 15) is 8.42 Å². The number of nitrogens with one attached hydrogen (secondary N) is 1. The molecule has 78 valence electrons. The van der Waals surface area contributed by atoms with Gasteiger partial charge in [-0.15, -0.1) is 0 Å². The maximum atomic E-state index is 11.4. The summed E-state index contributed by atoms with van der Waals surface area (Å²) in [5.41, 5.74) is 5.55. The number of nitrogens with zero attached hydrogens (tertiary/aromatic N) is 1. The first-order chi connectivity index (χ1) is 5.93. The fourth-order valence-corrected chi connectivity index (χ4v) is 2.72. The van der Waals surface area contributed by atoms with E-state index in [-0.39, 0.29) is 5.54 Å². The van der Waals surface area contributed by atoms with Gasteiger partial charge < -0.3 is 5.73 Å². The summed E-state index contributed by atoms with van der Waals surface area (Å²) in [7, 11) is -3.25. The molecule has 0 aromatic heterocycles. The van der Waals surface area contributed by atoms with Gasteiger partial charge in [-0.3, -0.25) is 0 Å². The molecule has 13 heavy (non-hydrogen) atoms. The van der Waals surface area contributed by atoms with Crippen LogP contribution in [0.5, 0.6) is 0 Å². The van der Waals surface area contributed by atoms with E-state index >= 15 is 0 Å². The maximum Gasteiger partial charge on any atom is 0.279 e. The van der Waals surface area contributed by atoms with Gasteiger partial charge in [-0.25, -0.2) is 4.72 Å². The molecule has 1 rings (SSSR count). The first-order valence-electron chi connectivity index (χ1n) is 4.47. The van der Waals surface area contributed by atoms with E-state index in [1.165, 1.54) is 4.31 Å². The number of nitrogens with two attached hydrogens (primary N) is 1. The molecule has 0 amide bonds. The number of hydrogen-bond acceptors (Lipinski definition) is 3. The van der Waals surface area contributed by atoms with Crippen LogP contribution in [0.3, 0.4) is 0 Å². The van der Waals surface area contributed by atoms with Crippen LogP contribution in [0.4, 0.5) is 0 Å². The van der Waals surface area contributed by atoms with Gasteiger partial charge >= 0.3 is 0 Å². The lowest BCUT2D eigenvalue weighted by Crippen LogP contribution is -2.69. The van der Waals surface area contributed by atoms with Crippen molar-refractivity contribution in [2.45, 2.75) is 25.8 Å². The summed E-state index contributed by atoms with van der Waals surface area (Å²) in [6.45, 7) is 5.00. The van der Waals surface area contributed by atoms with Crippen molar-refractivity contribution in [1.29, 1.82) is 0 Å². The van der Waals surface area contributed by atoms with Gasteiger partial charge in [-0.1, -0.05) is 13.8 Å². The molecule has 0 spiro atoms. The minimum atomic E-state index is -3.25. The van der Waals surface area contributed by atoms with Crippen LogP contribution in [0.15, 0.2) is 0 Å². The summed E-state index contributed by atoms with van der Waals surface area (Å²) in [5.74, 6) is 0. The molecule has 1 saturated heterocycles. The second-order valence-electron chi connectivity index (χ2n) is 3.49. The van der Waals surface area contributed by atoms with E-state index in [0.717, 1.165) is 6.42 Å². The molecule has 1 heterocycles. The topological polar surface area (TPSA) is 75.4 Å². The van der Waals surface area contributed by atoms with Gasteiger partial charge in [0, 0.05) is 25.2 Å². The van der Waals surface area contributed by atoms with Crippen molar-refractivity contribution in [3.8, 4) is 0 Å². The van der Waals surface area contributed by atoms with Crippen LogP contribution in [0.1, 0.15) is 20.3 Å². The molecule has 0 bridgehead atoms. The monoisotopic (exact) mass is 207 g/mol. The Morgan fingerprint density at radius 3 is 2.38 bits per heavy atom. The molecule has 5 nitrogen and oxygen atoms in total. The van der Waals surface area contributed by atoms with E-state index < -0.39 is 10.2 Å². The van der Waals surface area contributed by atoms with Crippen LogP contribution in [0.25, 0.3) is 0 Å². The highest BCUT2D eigenvalue weighted by Crippen LogP contribution is 2.23. The van der Waals surface area contributed by atoms with Gasteiger partial charge in [0.2, 0.25) is 0 Å². The Morgan fingerprint density at radius 1 is 1.46 bits per heavy atom. The summed E-state index contributed by atoms with van der Waals surface area (Å²) in [4.78, 5) is 0. The van der Waals surface area contributed by atoms with Gasteiger partial charge in [0.05, 0.1) is 0 Å². The summed E-state index contributed by atoms with van der Waals surface area (Å²) in [6, 6.07) is 0. The molecule has 0 aromatic carbocycles. The third kappa shape index (κ3) is 2.19. The Morgan fingerprint density at radius 2 is 2.00 bits per heavy atom. The Kier molecular flexibility index (Phi) is 2.96. The van der Waals surface area contributed by atoms with Crippen LogP contribution in [0, 0.1) is 0 Å². The van der Waals surface area contributed by atoms with Gasteiger partial charge in [0.15, 0.2) is 0 Å². The lowest BCUT2D eigenvalue weighted by atomic mass is 9.91. The van der Waals surface area contributed by atoms with E-state index in [0.29, 0.717) is 19.6 Å². The van der Waals surface area contributed by atoms with Crippen LogP contribution in [-0.2, 0) is 10.2 Å². The molecular formula is C7H17N3O2S. The molecular weight excluding hydrogens is 190 g/mol. The molecule has 0 atom stereocenters. The first kappa shape index (κ1) is 10.9. The third-order valence-electron chi connectivity index (χ3n) is 2.35. The van der Waals surface area contributed by atoms with E-state index in [2.05, 4.69) is 4.72 Å². The predicted molar refractivity (Wildman–Crippen MR) is 51.4 cm³/mol. The lowest BCUT2D eigenvalue weighted by molar-refractivity contribution is 0.151. The highest BCUT2D eigenvalue weighted by molar-refractivity contribution is 7.87. The van der Waals surface area contributed by atoms with Crippen molar-refractivity contribution < 1.29 is 8.42 Å². The van der Waals surface area contributed by atoms with Crippen molar-refractivity contribution in [2.75, 3.05) is 19.6 Å². The molecule has 1 fully saturated rings. The van der Waals surface area contributed by atoms with Gasteiger partial charge in [0.25, 0.3) is 10.2 Å². The molecule has 0 unspecified atom stereocenters. The zero-order valence-electron chi connectivity index (χ0n) is 8.08. The minimum Gasteiger partial charge on any atom is -0.323 e. The molecule has 1 aliphatic heterocycles. The SMILES string of the molecule is CCNS(=O)(=O)N1CC(N)(CC)C1. The molecule has 6 heteroatoms. The Labute approximate surface area is 79.5 Å². The number of hydrogen-bond donors (Lipinski definition) is 2. The Balaban J connectivity index is 2.52. The fourth-order valence-electron chi connectivity index (χ4n) is 1.32. The second kappa shape index (κ2) is 3.53. The lowest BCUT2D eigenvalue weighted by Gasteiger charge is -2.45. The van der Waals surface area contributed by atoms with Gasteiger partial charge in [-0.05, 0) is 6.42 Å². The smallest absolute Gasteiger partial charge is 0.279 e. The largest absolute Gasteiger partial charge is 0.323 e. The van der Waals surface area contributed by atoms with Crippen molar-refractivity contribution in [3.63, 3.8) is 0 Å². The first-order valence-corrected chi connectivity index (χ1v) is 5.91. The molecule has 3 N–H and O–H groups in total. The van der Waals surface area contributed by atoms with Crippen molar-refractivity contribution in [3.05, 3.63) is 0 Å². The number of rotatable bonds is 4. The van der Waals surface area contributed by atoms with Gasteiger partial charge in [-0.2, -0.15) is 12.7 Å². The average molecular weight is 207 g/mol. The van der Waals surface area contributed by atoms with E-state index in [1.54, 1.807) is 6.92 Å². The minimum absolute atomic E-state index is 0.303. The highest BCUT2D eigenvalue weighted by Gasteiger charge is 2.43. The van der Waals surface area contributed by atoms with Crippen LogP contribution in [0.2, 0.25) is 0 Å². The quantitative estimate of drug-likeness (QED) is 0.638. The molecule has 1 aliphatic rings. The van der Waals surface area contributed by atoms with Crippen molar-refractivity contribution in [2.24, 2.45) is 5.73 Å². The van der Waals surface area contributed by atoms with Crippen LogP contribution >= 0.6 is 0 Å². The standard InChI is InChI=1S/C7H17N3O2S/c1-3-7(8)5-10(6-7)13(11,12)9-4-2/h9H,3-6,8H2,1-2H3. The maximum absolute atomic E-state index is 11.4. The van der Waals surface area contributed by atoms with Gasteiger partial charge in [0.1, 0.15) is 0 Å². The Hall–Kier alpha value is -0.170. The molecule has 0 radical (unpaired) electrons. The zero-order valence-corrected chi connectivity index (χ0v) is 8.89. The predicted octanol–water partition coefficient (Wildman–Crippen LogP) is -0.736. The Bertz CT molecular complexity index is 269. The normalized spacial score (nSPS) is 22.7. The van der Waals surface area contributed by atoms with Crippen LogP contribution in [-0.4, -0.2) is 37.9 Å². The van der Waals surface area contributed by atoms with E-state index in [1.807, 2.05) is 6.92 Å². The second-order valence-corrected chi connectivity index (χ2v) is 5.24. The summed E-state index contributed by atoms with van der Waals surface area (Å²) < 4.78 is 26.6. The third-order valence-corrected chi connectivity index (χ3v) is 3.94.